The third-order valence-corrected chi connectivity index (χ3v) is 4.12. The van der Waals surface area contributed by atoms with Crippen LogP contribution < -0.4 is 5.32 Å². The molecule has 1 aliphatic heterocycles. The number of carbonyl (C=O) groups excluding carboxylic acids is 2. The minimum atomic E-state index is -0.800. The van der Waals surface area contributed by atoms with Crippen LogP contribution in [0.4, 0.5) is 4.79 Å². The van der Waals surface area contributed by atoms with Crippen LogP contribution in [0.3, 0.4) is 0 Å². The number of ketones is 1. The minimum Gasteiger partial charge on any atom is -0.435 e. The zero-order valence-corrected chi connectivity index (χ0v) is 9.37. The van der Waals surface area contributed by atoms with Gasteiger partial charge in [-0.25, -0.2) is 4.79 Å². The highest BCUT2D eigenvalue weighted by Gasteiger charge is 2.51. The smallest absolute Gasteiger partial charge is 0.408 e. The lowest BCUT2D eigenvalue weighted by molar-refractivity contribution is 0.0753. The summed E-state index contributed by atoms with van der Waals surface area (Å²) in [5.41, 5.74) is 0.981. The molecule has 1 aromatic rings. The second kappa shape index (κ2) is 2.87. The van der Waals surface area contributed by atoms with E-state index in [4.69, 9.17) is 27.9 Å². The van der Waals surface area contributed by atoms with Crippen molar-refractivity contribution in [3.63, 3.8) is 0 Å². The molecule has 0 saturated carbocycles. The fourth-order valence-electron chi connectivity index (χ4n) is 1.89. The van der Waals surface area contributed by atoms with Crippen LogP contribution in [0.25, 0.3) is 0 Å². The average Bonchev–Trinajstić information content (AvgIpc) is 2.71. The Hall–Kier alpha value is -0.780. The normalized spacial score (nSPS) is 27.3. The molecule has 1 fully saturated rings. The molecule has 3 rings (SSSR count). The second-order valence-corrected chi connectivity index (χ2v) is 5.48. The molecule has 15 heavy (non-hydrogen) atoms. The molecular formula is C8H3Cl2NO3S. The molecule has 0 bridgehead atoms. The van der Waals surface area contributed by atoms with Gasteiger partial charge < -0.3 is 10.1 Å². The van der Waals surface area contributed by atoms with Gasteiger partial charge in [0.25, 0.3) is 0 Å². The van der Waals surface area contributed by atoms with Gasteiger partial charge in [-0.2, -0.15) is 0 Å². The van der Waals surface area contributed by atoms with Crippen molar-refractivity contribution in [1.29, 1.82) is 0 Å². The van der Waals surface area contributed by atoms with Gasteiger partial charge in [0.2, 0.25) is 5.78 Å². The lowest BCUT2D eigenvalue weighted by Gasteiger charge is -2.04. The number of thiophene rings is 1. The van der Waals surface area contributed by atoms with Crippen LogP contribution in [-0.2, 0) is 4.74 Å². The molecule has 0 radical (unpaired) electrons. The molecule has 0 unspecified atom stereocenters. The fourth-order valence-corrected chi connectivity index (χ4v) is 3.68. The molecule has 1 aromatic heterocycles. The van der Waals surface area contributed by atoms with Crippen LogP contribution in [0.1, 0.15) is 22.0 Å². The first kappa shape index (κ1) is 9.45. The first-order valence-corrected chi connectivity index (χ1v) is 5.66. The van der Waals surface area contributed by atoms with Gasteiger partial charge in [0.1, 0.15) is 14.7 Å². The fraction of sp³-hybridized carbons (Fsp3) is 0.250. The number of Topliss-reactive ketones (excluding diaryl/α,β-unsaturated/α-hetero) is 1. The summed E-state index contributed by atoms with van der Waals surface area (Å²) < 4.78 is 5.62. The van der Waals surface area contributed by atoms with Crippen LogP contribution in [0.15, 0.2) is 0 Å². The lowest BCUT2D eigenvalue weighted by Crippen LogP contribution is -2.20. The van der Waals surface area contributed by atoms with Gasteiger partial charge in [-0.05, 0) is 0 Å². The summed E-state index contributed by atoms with van der Waals surface area (Å²) in [6, 6.07) is -0.476. The Labute approximate surface area is 98.1 Å². The molecule has 0 spiro atoms. The van der Waals surface area contributed by atoms with Crippen molar-refractivity contribution in [2.45, 2.75) is 12.1 Å². The van der Waals surface area contributed by atoms with Crippen molar-refractivity contribution >= 4 is 46.4 Å². The predicted molar refractivity (Wildman–Crippen MR) is 54.8 cm³/mol. The number of hydrogen-bond acceptors (Lipinski definition) is 4. The monoisotopic (exact) mass is 263 g/mol. The number of ether oxygens (including phenoxy) is 1. The standard InChI is InChI=1S/C8H3Cl2NO3S/c9-6-1-2(7(10)15-6)4(12)5-3(1)11-8(13)14-5/h3,5H,(H,11,13)/t3-,5-/m1/s1. The van der Waals surface area contributed by atoms with Crippen LogP contribution in [0.2, 0.25) is 8.67 Å². The lowest BCUT2D eigenvalue weighted by atomic mass is 10.2. The van der Waals surface area contributed by atoms with E-state index in [9.17, 15) is 9.59 Å². The molecule has 2 atom stereocenters. The Morgan fingerprint density at radius 3 is 2.73 bits per heavy atom. The maximum Gasteiger partial charge on any atom is 0.408 e. The van der Waals surface area contributed by atoms with E-state index in [0.717, 1.165) is 11.3 Å². The van der Waals surface area contributed by atoms with Crippen LogP contribution >= 0.6 is 34.5 Å². The van der Waals surface area contributed by atoms with Crippen molar-refractivity contribution in [3.05, 3.63) is 19.8 Å². The number of hydrogen-bond donors (Lipinski definition) is 1. The van der Waals surface area contributed by atoms with Crippen LogP contribution in [0.5, 0.6) is 0 Å². The quantitative estimate of drug-likeness (QED) is 0.782. The van der Waals surface area contributed by atoms with Crippen molar-refractivity contribution < 1.29 is 14.3 Å². The number of alkyl carbamates (subject to hydrolysis) is 1. The second-order valence-electron chi connectivity index (χ2n) is 3.25. The highest BCUT2D eigenvalue weighted by molar-refractivity contribution is 7.20. The van der Waals surface area contributed by atoms with Crippen LogP contribution in [0, 0.1) is 0 Å². The Bertz CT molecular complexity index is 498. The maximum absolute atomic E-state index is 11.8. The van der Waals surface area contributed by atoms with Gasteiger partial charge in [-0.1, -0.05) is 23.2 Å². The summed E-state index contributed by atoms with van der Waals surface area (Å²) in [6.45, 7) is 0. The average molecular weight is 264 g/mol. The number of amides is 1. The molecule has 0 aromatic carbocycles. The van der Waals surface area contributed by atoms with Gasteiger partial charge in [0.15, 0.2) is 6.10 Å². The first-order valence-electron chi connectivity index (χ1n) is 4.08. The number of halogens is 2. The van der Waals surface area contributed by atoms with Gasteiger partial charge >= 0.3 is 6.09 Å². The van der Waals surface area contributed by atoms with E-state index >= 15 is 0 Å². The first-order chi connectivity index (χ1) is 7.09. The summed E-state index contributed by atoms with van der Waals surface area (Å²) in [6.07, 6.45) is -1.40. The molecule has 2 heterocycles. The van der Waals surface area contributed by atoms with Gasteiger partial charge in [0, 0.05) is 5.56 Å². The predicted octanol–water partition coefficient (Wildman–Crippen LogP) is 2.40. The highest BCUT2D eigenvalue weighted by atomic mass is 35.5. The zero-order chi connectivity index (χ0) is 10.7. The molecule has 1 N–H and O–H groups in total. The molecule has 1 saturated heterocycles. The SMILES string of the molecule is O=C1N[C@@H]2c3c(Cl)sc(Cl)c3C(=O)[C@@H]2O1. The molecule has 1 aliphatic carbocycles. The number of rotatable bonds is 0. The Morgan fingerprint density at radius 1 is 1.27 bits per heavy atom. The topological polar surface area (TPSA) is 55.4 Å². The number of fused-ring (bicyclic) bond motifs is 3. The van der Waals surface area contributed by atoms with E-state index in [1.54, 1.807) is 0 Å². The third-order valence-electron chi connectivity index (χ3n) is 2.48. The van der Waals surface area contributed by atoms with E-state index in [1.807, 2.05) is 0 Å². The zero-order valence-electron chi connectivity index (χ0n) is 7.04. The molecule has 78 valence electrons. The van der Waals surface area contributed by atoms with Crippen molar-refractivity contribution in [3.8, 4) is 0 Å². The summed E-state index contributed by atoms with van der Waals surface area (Å²) in [4.78, 5) is 22.8. The molecule has 1 amide bonds. The van der Waals surface area contributed by atoms with Crippen LogP contribution in [-0.4, -0.2) is 18.0 Å². The van der Waals surface area contributed by atoms with E-state index in [-0.39, 0.29) is 5.78 Å². The van der Waals surface area contributed by atoms with Gasteiger partial charge in [0.05, 0.1) is 5.56 Å². The Kier molecular flexibility index (Phi) is 1.81. The largest absolute Gasteiger partial charge is 0.435 e. The maximum atomic E-state index is 11.8. The summed E-state index contributed by atoms with van der Waals surface area (Å²) >= 11 is 13.0. The minimum absolute atomic E-state index is 0.276. The number of carbonyl (C=O) groups is 2. The van der Waals surface area contributed by atoms with Gasteiger partial charge in [-0.3, -0.25) is 4.79 Å². The van der Waals surface area contributed by atoms with Crippen molar-refractivity contribution in [2.24, 2.45) is 0 Å². The Balaban J connectivity index is 2.21. The van der Waals surface area contributed by atoms with E-state index in [2.05, 4.69) is 5.32 Å². The van der Waals surface area contributed by atoms with Crippen molar-refractivity contribution in [1.82, 2.24) is 5.32 Å². The van der Waals surface area contributed by atoms with Crippen molar-refractivity contribution in [2.75, 3.05) is 0 Å². The summed E-state index contributed by atoms with van der Waals surface area (Å²) in [5, 5.41) is 2.54. The highest BCUT2D eigenvalue weighted by Crippen LogP contribution is 2.48. The molecule has 2 aliphatic rings. The van der Waals surface area contributed by atoms with E-state index < -0.39 is 18.2 Å². The Morgan fingerprint density at radius 2 is 2.00 bits per heavy atom. The van der Waals surface area contributed by atoms with Gasteiger partial charge in [-0.15, -0.1) is 11.3 Å². The van der Waals surface area contributed by atoms with E-state index in [1.165, 1.54) is 0 Å². The molecule has 4 nitrogen and oxygen atoms in total. The molecular weight excluding hydrogens is 261 g/mol. The summed E-state index contributed by atoms with van der Waals surface area (Å²) in [7, 11) is 0. The summed E-state index contributed by atoms with van der Waals surface area (Å²) in [5.74, 6) is -0.276. The third kappa shape index (κ3) is 1.08. The molecule has 7 heteroatoms. The van der Waals surface area contributed by atoms with E-state index in [0.29, 0.717) is 19.8 Å². The number of nitrogens with one attached hydrogen (secondary N) is 1.